The standard InChI is InChI=1S/C45H81NO5/c1-6-7-8-9-10-11-12-13-14-15-16-17-18-19-20-21-22-23-41(49)46-35-28-29-44(3)34(30-35)31-39(47)43-37-26-25-36(33(2)24-27-42(50)51-5)45(37,4)40(48)32-38(43)44/h33-40,43,47-48H,6-32H2,1-5H3,(H,46,49). The van der Waals surface area contributed by atoms with Crippen molar-refractivity contribution in [2.45, 2.75) is 219 Å². The zero-order chi connectivity index (χ0) is 36.9. The molecule has 0 aromatic heterocycles. The van der Waals surface area contributed by atoms with Crippen molar-refractivity contribution in [1.29, 1.82) is 0 Å². The second-order valence-corrected chi connectivity index (χ2v) is 18.6. The van der Waals surface area contributed by atoms with Crippen LogP contribution >= 0.6 is 0 Å². The molecule has 4 aliphatic rings. The number of hydrogen-bond acceptors (Lipinski definition) is 5. The first-order valence-electron chi connectivity index (χ1n) is 22.3. The van der Waals surface area contributed by atoms with E-state index >= 15 is 0 Å². The Balaban J connectivity index is 1.11. The van der Waals surface area contributed by atoms with Gasteiger partial charge in [0.25, 0.3) is 0 Å². The number of rotatable bonds is 23. The third-order valence-corrected chi connectivity index (χ3v) is 15.5. The van der Waals surface area contributed by atoms with Gasteiger partial charge in [0.05, 0.1) is 19.3 Å². The molecule has 0 saturated heterocycles. The molecular formula is C45H81NO5. The van der Waals surface area contributed by atoms with E-state index in [1.807, 2.05) is 0 Å². The maximum atomic E-state index is 13.0. The average molecular weight is 716 g/mol. The van der Waals surface area contributed by atoms with Crippen LogP contribution in [0.25, 0.3) is 0 Å². The summed E-state index contributed by atoms with van der Waals surface area (Å²) in [6.07, 6.45) is 30.7. The number of fused-ring (bicyclic) bond motifs is 5. The first-order valence-corrected chi connectivity index (χ1v) is 22.3. The predicted octanol–water partition coefficient (Wildman–Crippen LogP) is 10.7. The highest BCUT2D eigenvalue weighted by molar-refractivity contribution is 5.76. The van der Waals surface area contributed by atoms with Crippen molar-refractivity contribution >= 4 is 11.9 Å². The molecule has 0 radical (unpaired) electrons. The molecule has 4 rings (SSSR count). The van der Waals surface area contributed by atoms with Gasteiger partial charge in [0.1, 0.15) is 0 Å². The lowest BCUT2D eigenvalue weighted by Crippen LogP contribution is -2.63. The van der Waals surface area contributed by atoms with Crippen LogP contribution in [0.3, 0.4) is 0 Å². The van der Waals surface area contributed by atoms with Gasteiger partial charge in [0.2, 0.25) is 5.91 Å². The maximum Gasteiger partial charge on any atom is 0.305 e. The van der Waals surface area contributed by atoms with Gasteiger partial charge in [-0.05, 0) is 104 Å². The monoisotopic (exact) mass is 716 g/mol. The predicted molar refractivity (Wildman–Crippen MR) is 209 cm³/mol. The Morgan fingerprint density at radius 2 is 1.31 bits per heavy atom. The van der Waals surface area contributed by atoms with Gasteiger partial charge in [-0.25, -0.2) is 0 Å². The minimum Gasteiger partial charge on any atom is -0.469 e. The van der Waals surface area contributed by atoms with E-state index < -0.39 is 0 Å². The number of amides is 1. The number of methoxy groups -OCH3 is 1. The summed E-state index contributed by atoms with van der Waals surface area (Å²) in [5.41, 5.74) is -0.131. The molecule has 6 nitrogen and oxygen atoms in total. The molecule has 296 valence electrons. The molecule has 6 heteroatoms. The Morgan fingerprint density at radius 3 is 1.88 bits per heavy atom. The van der Waals surface area contributed by atoms with E-state index in [2.05, 4.69) is 33.0 Å². The molecule has 51 heavy (non-hydrogen) atoms. The maximum absolute atomic E-state index is 13.0. The highest BCUT2D eigenvalue weighted by Crippen LogP contribution is 2.68. The molecule has 0 heterocycles. The SMILES string of the molecule is CCCCCCCCCCCCCCCCCCCC(=O)NC1CCC2(C)C(C1)CC(O)C1C2CC(O)C2(C)C(C(C)CCC(=O)OC)CCC12. The van der Waals surface area contributed by atoms with E-state index in [4.69, 9.17) is 4.74 Å². The molecule has 0 aliphatic heterocycles. The number of aliphatic hydroxyl groups excluding tert-OH is 2. The normalized spacial score (nSPS) is 35.0. The minimum absolute atomic E-state index is 0.0928. The summed E-state index contributed by atoms with van der Waals surface area (Å²) in [5.74, 6) is 1.96. The second kappa shape index (κ2) is 21.1. The van der Waals surface area contributed by atoms with Gasteiger partial charge in [-0.2, -0.15) is 0 Å². The summed E-state index contributed by atoms with van der Waals surface area (Å²) in [5, 5.41) is 27.1. The summed E-state index contributed by atoms with van der Waals surface area (Å²) in [4.78, 5) is 24.8. The number of ether oxygens (including phenoxy) is 1. The molecule has 0 bridgehead atoms. The van der Waals surface area contributed by atoms with E-state index in [9.17, 15) is 19.8 Å². The van der Waals surface area contributed by atoms with E-state index in [1.54, 1.807) is 0 Å². The summed E-state index contributed by atoms with van der Waals surface area (Å²) in [7, 11) is 1.45. The number of unbranched alkanes of at least 4 members (excludes halogenated alkanes) is 16. The Labute approximate surface area is 313 Å². The lowest BCUT2D eigenvalue weighted by atomic mass is 9.43. The highest BCUT2D eigenvalue weighted by Gasteiger charge is 2.65. The van der Waals surface area contributed by atoms with E-state index in [-0.39, 0.29) is 46.9 Å². The van der Waals surface area contributed by atoms with Gasteiger partial charge >= 0.3 is 5.97 Å². The first kappa shape index (κ1) is 42.6. The fourth-order valence-corrected chi connectivity index (χ4v) is 12.2. The largest absolute Gasteiger partial charge is 0.469 e. The number of nitrogens with one attached hydrogen (secondary N) is 1. The van der Waals surface area contributed by atoms with Crippen molar-refractivity contribution in [2.24, 2.45) is 46.3 Å². The summed E-state index contributed by atoms with van der Waals surface area (Å²) >= 11 is 0. The third kappa shape index (κ3) is 11.2. The van der Waals surface area contributed by atoms with E-state index in [0.717, 1.165) is 64.2 Å². The zero-order valence-electron chi connectivity index (χ0n) is 33.9. The van der Waals surface area contributed by atoms with Crippen LogP contribution in [0.15, 0.2) is 0 Å². The van der Waals surface area contributed by atoms with Gasteiger partial charge in [0.15, 0.2) is 0 Å². The zero-order valence-corrected chi connectivity index (χ0v) is 33.9. The van der Waals surface area contributed by atoms with Crippen molar-refractivity contribution in [3.63, 3.8) is 0 Å². The van der Waals surface area contributed by atoms with Crippen LogP contribution in [0.5, 0.6) is 0 Å². The molecule has 11 atom stereocenters. The number of carbonyl (C=O) groups excluding carboxylic acids is 2. The van der Waals surface area contributed by atoms with Crippen LogP contribution in [-0.2, 0) is 14.3 Å². The molecular weight excluding hydrogens is 634 g/mol. The van der Waals surface area contributed by atoms with Crippen molar-refractivity contribution in [3.8, 4) is 0 Å². The van der Waals surface area contributed by atoms with Crippen LogP contribution in [-0.4, -0.2) is 47.4 Å². The Bertz CT molecular complexity index is 1030. The van der Waals surface area contributed by atoms with Gasteiger partial charge in [-0.3, -0.25) is 9.59 Å². The Hall–Kier alpha value is -1.14. The number of carbonyl (C=O) groups is 2. The van der Waals surface area contributed by atoms with Gasteiger partial charge in [-0.15, -0.1) is 0 Å². The van der Waals surface area contributed by atoms with Crippen LogP contribution in [0.2, 0.25) is 0 Å². The Morgan fingerprint density at radius 1 is 0.745 bits per heavy atom. The van der Waals surface area contributed by atoms with Crippen LogP contribution in [0, 0.1) is 46.3 Å². The van der Waals surface area contributed by atoms with Crippen LogP contribution in [0.4, 0.5) is 0 Å². The summed E-state index contributed by atoms with van der Waals surface area (Å²) < 4.78 is 4.91. The van der Waals surface area contributed by atoms with Crippen molar-refractivity contribution in [2.75, 3.05) is 7.11 Å². The molecule has 4 saturated carbocycles. The first-order chi connectivity index (χ1) is 24.6. The number of hydrogen-bond donors (Lipinski definition) is 3. The highest BCUT2D eigenvalue weighted by atomic mass is 16.5. The molecule has 3 N–H and O–H groups in total. The number of esters is 1. The van der Waals surface area contributed by atoms with Crippen LogP contribution < -0.4 is 5.32 Å². The average Bonchev–Trinajstić information content (AvgIpc) is 3.47. The molecule has 11 unspecified atom stereocenters. The van der Waals surface area contributed by atoms with Crippen molar-refractivity contribution in [1.82, 2.24) is 5.32 Å². The Kier molecular flexibility index (Phi) is 17.6. The minimum atomic E-state index is -0.387. The number of aliphatic hydroxyl groups is 2. The fourth-order valence-electron chi connectivity index (χ4n) is 12.2. The second-order valence-electron chi connectivity index (χ2n) is 18.6. The van der Waals surface area contributed by atoms with Crippen molar-refractivity contribution < 1.29 is 24.5 Å². The molecule has 4 fully saturated rings. The van der Waals surface area contributed by atoms with E-state index in [1.165, 1.54) is 103 Å². The lowest BCUT2D eigenvalue weighted by molar-refractivity contribution is -0.202. The summed E-state index contributed by atoms with van der Waals surface area (Å²) in [6.45, 7) is 9.26. The topological polar surface area (TPSA) is 95.9 Å². The molecule has 0 spiro atoms. The van der Waals surface area contributed by atoms with Crippen LogP contribution in [0.1, 0.15) is 201 Å². The molecule has 0 aromatic carbocycles. The molecule has 4 aliphatic carbocycles. The van der Waals surface area contributed by atoms with Gasteiger partial charge < -0.3 is 20.3 Å². The third-order valence-electron chi connectivity index (χ3n) is 15.5. The van der Waals surface area contributed by atoms with Crippen molar-refractivity contribution in [3.05, 3.63) is 0 Å². The van der Waals surface area contributed by atoms with Gasteiger partial charge in [-0.1, -0.05) is 130 Å². The van der Waals surface area contributed by atoms with E-state index in [0.29, 0.717) is 42.4 Å². The quantitative estimate of drug-likeness (QED) is 0.0723. The fraction of sp³-hybridized carbons (Fsp3) is 0.956. The van der Waals surface area contributed by atoms with Gasteiger partial charge in [0, 0.05) is 18.9 Å². The summed E-state index contributed by atoms with van der Waals surface area (Å²) in [6, 6.07) is 0.204. The lowest BCUT2D eigenvalue weighted by Gasteiger charge is -2.63. The smallest absolute Gasteiger partial charge is 0.305 e. The molecule has 0 aromatic rings. The molecule has 1 amide bonds.